The Hall–Kier alpha value is -1.90. The molecule has 3 heteroatoms. The number of Topliss-reactive ketones (excluding diaryl/α,β-unsaturated/α-hetero) is 2. The zero-order valence-corrected chi connectivity index (χ0v) is 9.35. The number of benzene rings is 1. The lowest BCUT2D eigenvalue weighted by atomic mass is 9.69. The average molecular weight is 227 g/mol. The van der Waals surface area contributed by atoms with Gasteiger partial charge in [0.2, 0.25) is 0 Å². The van der Waals surface area contributed by atoms with E-state index in [1.807, 2.05) is 12.2 Å². The van der Waals surface area contributed by atoms with Crippen LogP contribution in [0.1, 0.15) is 33.6 Å². The Kier molecular flexibility index (Phi) is 2.15. The summed E-state index contributed by atoms with van der Waals surface area (Å²) in [7, 11) is 0. The molecule has 0 spiro atoms. The lowest BCUT2D eigenvalue weighted by Gasteiger charge is -2.32. The van der Waals surface area contributed by atoms with Gasteiger partial charge in [0.05, 0.1) is 5.56 Å². The summed E-state index contributed by atoms with van der Waals surface area (Å²) in [6.07, 6.45) is 5.30. The maximum absolute atomic E-state index is 12.4. The maximum Gasteiger partial charge on any atom is 0.169 e. The van der Waals surface area contributed by atoms with Gasteiger partial charge in [0.15, 0.2) is 11.6 Å². The number of hydrogen-bond acceptors (Lipinski definition) is 3. The molecule has 2 unspecified atom stereocenters. The van der Waals surface area contributed by atoms with E-state index in [9.17, 15) is 9.59 Å². The van der Waals surface area contributed by atoms with Crippen molar-refractivity contribution in [2.75, 3.05) is 5.73 Å². The Labute approximate surface area is 99.3 Å². The first-order valence-corrected chi connectivity index (χ1v) is 5.82. The Morgan fingerprint density at radius 2 is 1.65 bits per heavy atom. The van der Waals surface area contributed by atoms with Gasteiger partial charge in [-0.1, -0.05) is 24.3 Å². The first-order valence-electron chi connectivity index (χ1n) is 5.82. The van der Waals surface area contributed by atoms with E-state index in [4.69, 9.17) is 5.73 Å². The molecule has 0 bridgehead atoms. The van der Waals surface area contributed by atoms with Gasteiger partial charge in [0.1, 0.15) is 0 Å². The Bertz CT molecular complexity index is 545. The molecule has 0 amide bonds. The average Bonchev–Trinajstić information content (AvgIpc) is 2.36. The highest BCUT2D eigenvalue weighted by Gasteiger charge is 2.41. The van der Waals surface area contributed by atoms with Gasteiger partial charge in [-0.25, -0.2) is 0 Å². The van der Waals surface area contributed by atoms with Gasteiger partial charge in [0.25, 0.3) is 0 Å². The molecule has 0 aliphatic heterocycles. The van der Waals surface area contributed by atoms with E-state index in [2.05, 4.69) is 0 Å². The number of ketones is 2. The second kappa shape index (κ2) is 3.55. The van der Waals surface area contributed by atoms with E-state index < -0.39 is 0 Å². The van der Waals surface area contributed by atoms with Gasteiger partial charge >= 0.3 is 0 Å². The van der Waals surface area contributed by atoms with Gasteiger partial charge in [-0.2, -0.15) is 0 Å². The van der Waals surface area contributed by atoms with E-state index in [-0.39, 0.29) is 23.4 Å². The van der Waals surface area contributed by atoms with Crippen molar-refractivity contribution < 1.29 is 9.59 Å². The zero-order chi connectivity index (χ0) is 12.0. The zero-order valence-electron chi connectivity index (χ0n) is 9.35. The SMILES string of the molecule is Nc1cccc2c1C(=O)C1CC=CCC1C2=O. The van der Waals surface area contributed by atoms with Crippen LogP contribution in [0.25, 0.3) is 0 Å². The molecule has 0 fully saturated rings. The highest BCUT2D eigenvalue weighted by atomic mass is 16.1. The lowest BCUT2D eigenvalue weighted by molar-refractivity contribution is 0.0730. The standard InChI is InChI=1S/C14H13NO2/c15-11-7-3-6-10-12(11)14(17)9-5-2-1-4-8(9)13(10)16/h1-3,6-9H,4-5,15H2. The molecular weight excluding hydrogens is 214 g/mol. The van der Waals surface area contributed by atoms with Gasteiger partial charge in [-0.15, -0.1) is 0 Å². The van der Waals surface area contributed by atoms with E-state index in [1.165, 1.54) is 0 Å². The topological polar surface area (TPSA) is 60.2 Å². The summed E-state index contributed by atoms with van der Waals surface area (Å²) < 4.78 is 0. The van der Waals surface area contributed by atoms with Gasteiger partial charge < -0.3 is 5.73 Å². The quantitative estimate of drug-likeness (QED) is 0.546. The molecule has 1 aromatic carbocycles. The van der Waals surface area contributed by atoms with E-state index >= 15 is 0 Å². The van der Waals surface area contributed by atoms with Crippen molar-refractivity contribution in [3.8, 4) is 0 Å². The van der Waals surface area contributed by atoms with Crippen molar-refractivity contribution in [1.29, 1.82) is 0 Å². The number of carbonyl (C=O) groups excluding carboxylic acids is 2. The van der Waals surface area contributed by atoms with Gasteiger partial charge in [-0.05, 0) is 18.9 Å². The first-order chi connectivity index (χ1) is 8.20. The highest BCUT2D eigenvalue weighted by Crippen LogP contribution is 2.38. The molecule has 2 atom stereocenters. The molecule has 1 aromatic rings. The molecular formula is C14H13NO2. The van der Waals surface area contributed by atoms with Gasteiger partial charge in [-0.3, -0.25) is 9.59 Å². The van der Waals surface area contributed by atoms with Gasteiger partial charge in [0, 0.05) is 23.1 Å². The third-order valence-corrected chi connectivity index (χ3v) is 3.71. The molecule has 0 saturated heterocycles. The summed E-state index contributed by atoms with van der Waals surface area (Å²) in [6, 6.07) is 5.13. The summed E-state index contributed by atoms with van der Waals surface area (Å²) in [5, 5.41) is 0. The number of nitrogen functional groups attached to an aromatic ring is 1. The number of anilines is 1. The fourth-order valence-electron chi connectivity index (χ4n) is 2.83. The van der Waals surface area contributed by atoms with Crippen molar-refractivity contribution in [3.05, 3.63) is 41.5 Å². The summed E-state index contributed by atoms with van der Waals surface area (Å²) in [5.41, 5.74) is 7.19. The minimum Gasteiger partial charge on any atom is -0.398 e. The third-order valence-electron chi connectivity index (χ3n) is 3.71. The molecule has 17 heavy (non-hydrogen) atoms. The van der Waals surface area contributed by atoms with E-state index in [0.717, 1.165) is 0 Å². The Morgan fingerprint density at radius 1 is 1.00 bits per heavy atom. The van der Waals surface area contributed by atoms with Crippen molar-refractivity contribution >= 4 is 17.3 Å². The Morgan fingerprint density at radius 3 is 2.35 bits per heavy atom. The second-order valence-corrected chi connectivity index (χ2v) is 4.65. The minimum atomic E-state index is -0.204. The second-order valence-electron chi connectivity index (χ2n) is 4.65. The first kappa shape index (κ1) is 10.3. The molecule has 2 N–H and O–H groups in total. The van der Waals surface area contributed by atoms with Crippen molar-refractivity contribution in [3.63, 3.8) is 0 Å². The monoisotopic (exact) mass is 227 g/mol. The fourth-order valence-corrected chi connectivity index (χ4v) is 2.83. The molecule has 0 heterocycles. The number of allylic oxidation sites excluding steroid dienone is 2. The normalized spacial score (nSPS) is 26.6. The number of fused-ring (bicyclic) bond motifs is 2. The molecule has 0 radical (unpaired) electrons. The minimum absolute atomic E-state index is 0.0343. The Balaban J connectivity index is 2.20. The largest absolute Gasteiger partial charge is 0.398 e. The smallest absolute Gasteiger partial charge is 0.169 e. The molecule has 0 aromatic heterocycles. The van der Waals surface area contributed by atoms with Crippen LogP contribution in [-0.2, 0) is 0 Å². The third kappa shape index (κ3) is 1.35. The van der Waals surface area contributed by atoms with Crippen LogP contribution < -0.4 is 5.73 Å². The number of hydrogen-bond donors (Lipinski definition) is 1. The summed E-state index contributed by atoms with van der Waals surface area (Å²) in [5.74, 6) is -0.278. The lowest BCUT2D eigenvalue weighted by Crippen LogP contribution is -2.37. The maximum atomic E-state index is 12.4. The van der Waals surface area contributed by atoms with Crippen molar-refractivity contribution in [2.45, 2.75) is 12.8 Å². The van der Waals surface area contributed by atoms with Crippen molar-refractivity contribution in [1.82, 2.24) is 0 Å². The van der Waals surface area contributed by atoms with Crippen LogP contribution in [0.15, 0.2) is 30.4 Å². The predicted octanol–water partition coefficient (Wildman–Crippen LogP) is 2.23. The summed E-state index contributed by atoms with van der Waals surface area (Å²) in [6.45, 7) is 0. The fraction of sp³-hybridized carbons (Fsp3) is 0.286. The molecule has 0 saturated carbocycles. The van der Waals surface area contributed by atoms with Crippen LogP contribution >= 0.6 is 0 Å². The number of nitrogens with two attached hydrogens (primary N) is 1. The van der Waals surface area contributed by atoms with Crippen LogP contribution in [0.3, 0.4) is 0 Å². The predicted molar refractivity (Wildman–Crippen MR) is 64.9 cm³/mol. The number of rotatable bonds is 0. The molecule has 2 aliphatic carbocycles. The number of carbonyl (C=O) groups is 2. The summed E-state index contributed by atoms with van der Waals surface area (Å²) in [4.78, 5) is 24.7. The molecule has 2 aliphatic rings. The molecule has 3 nitrogen and oxygen atoms in total. The van der Waals surface area contributed by atoms with Crippen molar-refractivity contribution in [2.24, 2.45) is 11.8 Å². The van der Waals surface area contributed by atoms with Crippen LogP contribution in [0, 0.1) is 11.8 Å². The van der Waals surface area contributed by atoms with Crippen LogP contribution in [0.4, 0.5) is 5.69 Å². The highest BCUT2D eigenvalue weighted by molar-refractivity contribution is 6.18. The summed E-state index contributed by atoms with van der Waals surface area (Å²) >= 11 is 0. The van der Waals surface area contributed by atoms with E-state index in [1.54, 1.807) is 18.2 Å². The van der Waals surface area contributed by atoms with Crippen LogP contribution in [-0.4, -0.2) is 11.6 Å². The van der Waals surface area contributed by atoms with Crippen LogP contribution in [0.5, 0.6) is 0 Å². The molecule has 3 rings (SSSR count). The molecule has 86 valence electrons. The van der Waals surface area contributed by atoms with Crippen LogP contribution in [0.2, 0.25) is 0 Å². The van der Waals surface area contributed by atoms with E-state index in [0.29, 0.717) is 29.7 Å².